The van der Waals surface area contributed by atoms with Crippen LogP contribution in [0.25, 0.3) is 0 Å². The molecule has 2 aromatic rings. The fourth-order valence-corrected chi connectivity index (χ4v) is 3.56. The minimum absolute atomic E-state index is 0.153. The molecule has 0 aliphatic rings. The van der Waals surface area contributed by atoms with Crippen LogP contribution in [0.1, 0.15) is 0 Å². The van der Waals surface area contributed by atoms with E-state index >= 15 is 0 Å². The van der Waals surface area contributed by atoms with Gasteiger partial charge in [0.1, 0.15) is 0 Å². The zero-order valence-electron chi connectivity index (χ0n) is 7.18. The van der Waals surface area contributed by atoms with E-state index in [-0.39, 0.29) is 20.9 Å². The van der Waals surface area contributed by atoms with Gasteiger partial charge in [-0.05, 0) is 0 Å². The molecule has 0 atom stereocenters. The van der Waals surface area contributed by atoms with Gasteiger partial charge in [-0.1, -0.05) is 0 Å². The van der Waals surface area contributed by atoms with Gasteiger partial charge in [-0.3, -0.25) is 0 Å². The zero-order chi connectivity index (χ0) is 8.93. The second kappa shape index (κ2) is 4.46. The third kappa shape index (κ3) is 2.59. The van der Waals surface area contributed by atoms with E-state index in [1.165, 1.54) is 7.22 Å². The van der Waals surface area contributed by atoms with Crippen molar-refractivity contribution in [2.24, 2.45) is 0 Å². The quantitative estimate of drug-likeness (QED) is 0.729. The molecule has 0 amide bonds. The first-order valence-corrected chi connectivity index (χ1v) is 6.56. The Morgan fingerprint density at radius 1 is 0.538 bits per heavy atom. The third-order valence-corrected chi connectivity index (χ3v) is 4.62. The molecule has 1 heteroatoms. The summed E-state index contributed by atoms with van der Waals surface area (Å²) in [5.74, 6) is 0. The molecule has 0 aliphatic heterocycles. The van der Waals surface area contributed by atoms with Crippen molar-refractivity contribution < 1.29 is 0 Å². The van der Waals surface area contributed by atoms with E-state index in [4.69, 9.17) is 0 Å². The topological polar surface area (TPSA) is 0 Å². The van der Waals surface area contributed by atoms with Crippen molar-refractivity contribution in [2.45, 2.75) is 0 Å². The average Bonchev–Trinajstić information content (AvgIpc) is 2.21. The van der Waals surface area contributed by atoms with Gasteiger partial charge in [0, 0.05) is 0 Å². The van der Waals surface area contributed by atoms with Gasteiger partial charge in [-0.25, -0.2) is 0 Å². The Morgan fingerprint density at radius 3 is 1.31 bits per heavy atom. The van der Waals surface area contributed by atoms with Crippen LogP contribution < -0.4 is 7.22 Å². The molecule has 0 nitrogen and oxygen atoms in total. The molecule has 13 heavy (non-hydrogen) atoms. The first-order chi connectivity index (χ1) is 6.45. The molecule has 0 saturated carbocycles. The van der Waals surface area contributed by atoms with E-state index in [1.807, 2.05) is 0 Å². The van der Waals surface area contributed by atoms with Gasteiger partial charge >= 0.3 is 88.8 Å². The van der Waals surface area contributed by atoms with Gasteiger partial charge in [0.05, 0.1) is 0 Å². The number of hydrogen-bond acceptors (Lipinski definition) is 0. The Kier molecular flexibility index (Phi) is 3.02. The summed E-state index contributed by atoms with van der Waals surface area (Å²) in [7, 11) is 0. The number of hydrogen-bond donors (Lipinski definition) is 0. The van der Waals surface area contributed by atoms with Crippen molar-refractivity contribution in [1.29, 1.82) is 0 Å². The van der Waals surface area contributed by atoms with Crippen LogP contribution in [0, 0.1) is 0 Å². The van der Waals surface area contributed by atoms with Gasteiger partial charge in [0.2, 0.25) is 0 Å². The van der Waals surface area contributed by atoms with Crippen molar-refractivity contribution in [3.05, 3.63) is 60.7 Å². The standard InChI is InChI=1S/C12H10Te/c1-3-7-11(8-4-1)13-12-9-5-2-6-10-12/h1-10H/q+1. The monoisotopic (exact) mass is 284 g/mol. The maximum atomic E-state index is 2.22. The Morgan fingerprint density at radius 2 is 0.923 bits per heavy atom. The summed E-state index contributed by atoms with van der Waals surface area (Å²) in [6, 6.07) is 21.5. The second-order valence-corrected chi connectivity index (χ2v) is 6.00. The van der Waals surface area contributed by atoms with Gasteiger partial charge < -0.3 is 0 Å². The summed E-state index contributed by atoms with van der Waals surface area (Å²) < 4.78 is 3.00. The van der Waals surface area contributed by atoms with Crippen LogP contribution in [0.3, 0.4) is 0 Å². The summed E-state index contributed by atoms with van der Waals surface area (Å²) >= 11 is -0.153. The third-order valence-electron chi connectivity index (χ3n) is 1.72. The molecule has 0 aliphatic carbocycles. The SMILES string of the molecule is c1ccc([Te+]c2ccccc2)cc1. The zero-order valence-corrected chi connectivity index (χ0v) is 9.51. The predicted molar refractivity (Wildman–Crippen MR) is 57.9 cm³/mol. The molecule has 1 radical (unpaired) electrons. The summed E-state index contributed by atoms with van der Waals surface area (Å²) in [5, 5.41) is 0. The van der Waals surface area contributed by atoms with Crippen molar-refractivity contribution in [3.8, 4) is 0 Å². The van der Waals surface area contributed by atoms with Crippen LogP contribution in [0.4, 0.5) is 0 Å². The summed E-state index contributed by atoms with van der Waals surface area (Å²) in [6.45, 7) is 0. The number of benzene rings is 2. The van der Waals surface area contributed by atoms with Crippen LogP contribution in [-0.2, 0) is 0 Å². The van der Waals surface area contributed by atoms with Crippen LogP contribution >= 0.6 is 0 Å². The van der Waals surface area contributed by atoms with E-state index < -0.39 is 0 Å². The summed E-state index contributed by atoms with van der Waals surface area (Å²) in [5.41, 5.74) is 0. The minimum atomic E-state index is -0.153. The molecule has 0 saturated heterocycles. The van der Waals surface area contributed by atoms with Crippen molar-refractivity contribution in [1.82, 2.24) is 0 Å². The molecular weight excluding hydrogens is 272 g/mol. The normalized spacial score (nSPS) is 9.85. The van der Waals surface area contributed by atoms with Crippen LogP contribution in [0.5, 0.6) is 0 Å². The fourth-order valence-electron chi connectivity index (χ4n) is 1.11. The molecule has 2 aromatic carbocycles. The summed E-state index contributed by atoms with van der Waals surface area (Å²) in [4.78, 5) is 0. The molecule has 2 rings (SSSR count). The Balaban J connectivity index is 2.16. The van der Waals surface area contributed by atoms with Gasteiger partial charge in [0.25, 0.3) is 0 Å². The molecule has 0 spiro atoms. The van der Waals surface area contributed by atoms with E-state index in [9.17, 15) is 0 Å². The van der Waals surface area contributed by atoms with Crippen molar-refractivity contribution in [2.75, 3.05) is 0 Å². The first kappa shape index (κ1) is 8.81. The first-order valence-electron chi connectivity index (χ1n) is 4.23. The molecule has 0 N–H and O–H groups in total. The molecule has 63 valence electrons. The van der Waals surface area contributed by atoms with Gasteiger partial charge in [-0.15, -0.1) is 0 Å². The second-order valence-electron chi connectivity index (χ2n) is 2.73. The van der Waals surface area contributed by atoms with Crippen molar-refractivity contribution in [3.63, 3.8) is 0 Å². The Bertz CT molecular complexity index is 316. The van der Waals surface area contributed by atoms with E-state index in [2.05, 4.69) is 60.7 Å². The van der Waals surface area contributed by atoms with Crippen LogP contribution in [0.15, 0.2) is 60.7 Å². The maximum absolute atomic E-state index is 2.22. The fraction of sp³-hybridized carbons (Fsp3) is 0. The number of rotatable bonds is 2. The van der Waals surface area contributed by atoms with Gasteiger partial charge in [0.15, 0.2) is 0 Å². The molecule has 0 aromatic heterocycles. The predicted octanol–water partition coefficient (Wildman–Crippen LogP) is 1.34. The van der Waals surface area contributed by atoms with Crippen LogP contribution in [-0.4, -0.2) is 20.9 Å². The van der Waals surface area contributed by atoms with Crippen molar-refractivity contribution >= 4 is 28.1 Å². The van der Waals surface area contributed by atoms with E-state index in [0.29, 0.717) is 0 Å². The van der Waals surface area contributed by atoms with E-state index in [1.54, 1.807) is 0 Å². The summed E-state index contributed by atoms with van der Waals surface area (Å²) in [6.07, 6.45) is 0. The average molecular weight is 282 g/mol. The van der Waals surface area contributed by atoms with E-state index in [0.717, 1.165) is 0 Å². The Hall–Kier alpha value is -0.770. The van der Waals surface area contributed by atoms with Gasteiger partial charge in [-0.2, -0.15) is 0 Å². The molecule has 0 bridgehead atoms. The molecule has 0 unspecified atom stereocenters. The van der Waals surface area contributed by atoms with Crippen LogP contribution in [0.2, 0.25) is 0 Å². The Labute approximate surface area is 88.7 Å². The molecular formula is C12H10Te+. The molecule has 0 heterocycles. The molecule has 0 fully saturated rings.